The number of hydrogen-bond acceptors (Lipinski definition) is 3. The summed E-state index contributed by atoms with van der Waals surface area (Å²) in [5.74, 6) is -1.55. The molecule has 0 saturated heterocycles. The third kappa shape index (κ3) is 6.67. The fourth-order valence-electron chi connectivity index (χ4n) is 4.10. The number of unbranched alkanes of at least 4 members (excludes halogenated alkanes) is 1. The van der Waals surface area contributed by atoms with E-state index in [-0.39, 0.29) is 12.0 Å². The van der Waals surface area contributed by atoms with Crippen molar-refractivity contribution in [1.29, 1.82) is 0 Å². The first kappa shape index (κ1) is 25.0. The van der Waals surface area contributed by atoms with Crippen LogP contribution >= 0.6 is 0 Å². The molecular formula is C28H32N2O4. The smallest absolute Gasteiger partial charge is 0.326 e. The number of rotatable bonds is 11. The number of hydrogen-bond donors (Lipinski definition) is 2. The lowest BCUT2D eigenvalue weighted by atomic mass is 10.0. The summed E-state index contributed by atoms with van der Waals surface area (Å²) in [5, 5.41) is 12.4. The van der Waals surface area contributed by atoms with Gasteiger partial charge in [-0.2, -0.15) is 0 Å². The van der Waals surface area contributed by atoms with Crippen LogP contribution in [0.2, 0.25) is 0 Å². The molecule has 0 spiro atoms. The van der Waals surface area contributed by atoms with E-state index in [1.54, 1.807) is 6.20 Å². The van der Waals surface area contributed by atoms with Crippen LogP contribution < -0.4 is 10.9 Å². The predicted molar refractivity (Wildman–Crippen MR) is 133 cm³/mol. The van der Waals surface area contributed by atoms with E-state index in [4.69, 9.17) is 0 Å². The van der Waals surface area contributed by atoms with E-state index in [1.165, 1.54) is 4.57 Å². The van der Waals surface area contributed by atoms with Gasteiger partial charge in [0.15, 0.2) is 0 Å². The highest BCUT2D eigenvalue weighted by molar-refractivity contribution is 5.86. The normalized spacial score (nSPS) is 12.6. The molecule has 2 unspecified atom stereocenters. The number of carbonyl (C=O) groups excluding carboxylic acids is 1. The van der Waals surface area contributed by atoms with Crippen molar-refractivity contribution < 1.29 is 14.7 Å². The first-order valence-electron chi connectivity index (χ1n) is 11.7. The summed E-state index contributed by atoms with van der Waals surface area (Å²) < 4.78 is 1.49. The highest BCUT2D eigenvalue weighted by atomic mass is 16.4. The number of carbonyl (C=O) groups is 2. The van der Waals surface area contributed by atoms with Crippen molar-refractivity contribution in [3.63, 3.8) is 0 Å². The number of benzene rings is 2. The summed E-state index contributed by atoms with van der Waals surface area (Å²) in [5.41, 5.74) is 3.09. The highest BCUT2D eigenvalue weighted by Crippen LogP contribution is 2.17. The molecule has 1 heterocycles. The maximum Gasteiger partial charge on any atom is 0.326 e. The third-order valence-corrected chi connectivity index (χ3v) is 5.86. The van der Waals surface area contributed by atoms with Gasteiger partial charge in [-0.25, -0.2) is 4.79 Å². The maximum absolute atomic E-state index is 13.4. The second-order valence-electron chi connectivity index (χ2n) is 8.66. The minimum Gasteiger partial charge on any atom is -0.480 e. The number of aromatic nitrogens is 1. The molecule has 2 aromatic carbocycles. The average molecular weight is 461 g/mol. The fraction of sp³-hybridized carbons (Fsp3) is 0.321. The molecule has 0 aliphatic heterocycles. The Morgan fingerprint density at radius 1 is 1.00 bits per heavy atom. The van der Waals surface area contributed by atoms with Crippen LogP contribution in [0.15, 0.2) is 77.7 Å². The average Bonchev–Trinajstić information content (AvgIpc) is 2.83. The number of aliphatic carboxylic acids is 1. The summed E-state index contributed by atoms with van der Waals surface area (Å²) in [6.45, 7) is 3.92. The molecule has 2 N–H and O–H groups in total. The molecule has 0 aliphatic rings. The van der Waals surface area contributed by atoms with Gasteiger partial charge in [0.2, 0.25) is 5.91 Å². The zero-order valence-electron chi connectivity index (χ0n) is 19.7. The number of pyridine rings is 1. The lowest BCUT2D eigenvalue weighted by Gasteiger charge is -2.23. The van der Waals surface area contributed by atoms with Crippen molar-refractivity contribution in [3.05, 3.63) is 106 Å². The maximum atomic E-state index is 13.4. The van der Waals surface area contributed by atoms with Crippen molar-refractivity contribution in [2.45, 2.75) is 58.0 Å². The Labute approximate surface area is 200 Å². The molecule has 0 radical (unpaired) electrons. The Kier molecular flexibility index (Phi) is 8.79. The van der Waals surface area contributed by atoms with Gasteiger partial charge in [-0.15, -0.1) is 0 Å². The molecule has 6 heteroatoms. The van der Waals surface area contributed by atoms with E-state index in [9.17, 15) is 19.5 Å². The van der Waals surface area contributed by atoms with Crippen LogP contribution in [0.5, 0.6) is 0 Å². The Morgan fingerprint density at radius 3 is 2.21 bits per heavy atom. The van der Waals surface area contributed by atoms with Crippen LogP contribution in [0.25, 0.3) is 0 Å². The first-order valence-corrected chi connectivity index (χ1v) is 11.7. The van der Waals surface area contributed by atoms with Gasteiger partial charge >= 0.3 is 5.97 Å². The minimum atomic E-state index is -1.10. The van der Waals surface area contributed by atoms with Crippen LogP contribution in [-0.2, 0) is 22.4 Å². The predicted octanol–water partition coefficient (Wildman–Crippen LogP) is 4.29. The molecule has 0 saturated carbocycles. The van der Waals surface area contributed by atoms with Crippen molar-refractivity contribution in [3.8, 4) is 0 Å². The van der Waals surface area contributed by atoms with Gasteiger partial charge in [0.25, 0.3) is 5.56 Å². The second-order valence-corrected chi connectivity index (χ2v) is 8.66. The Morgan fingerprint density at radius 2 is 1.62 bits per heavy atom. The Balaban J connectivity index is 1.90. The molecule has 2 atom stereocenters. The van der Waals surface area contributed by atoms with Crippen LogP contribution in [0, 0.1) is 6.92 Å². The van der Waals surface area contributed by atoms with Crippen molar-refractivity contribution in [2.75, 3.05) is 0 Å². The van der Waals surface area contributed by atoms with Gasteiger partial charge in [-0.1, -0.05) is 80.4 Å². The Hall–Kier alpha value is -3.67. The van der Waals surface area contributed by atoms with E-state index in [1.807, 2.05) is 80.6 Å². The van der Waals surface area contributed by atoms with Crippen molar-refractivity contribution in [2.24, 2.45) is 0 Å². The van der Waals surface area contributed by atoms with Gasteiger partial charge in [0, 0.05) is 24.6 Å². The lowest BCUT2D eigenvalue weighted by molar-refractivity contribution is -0.142. The van der Waals surface area contributed by atoms with Gasteiger partial charge in [-0.05, 0) is 36.1 Å². The number of carboxylic acids is 1. The van der Waals surface area contributed by atoms with E-state index in [0.717, 1.165) is 29.5 Å². The number of amides is 1. The largest absolute Gasteiger partial charge is 0.480 e. The van der Waals surface area contributed by atoms with Crippen LogP contribution in [0.3, 0.4) is 0 Å². The molecule has 3 rings (SSSR count). The number of nitrogens with zero attached hydrogens (tertiary/aromatic N) is 1. The lowest BCUT2D eigenvalue weighted by Crippen LogP contribution is -2.47. The van der Waals surface area contributed by atoms with E-state index in [2.05, 4.69) is 5.32 Å². The zero-order valence-corrected chi connectivity index (χ0v) is 19.7. The third-order valence-electron chi connectivity index (χ3n) is 5.86. The monoisotopic (exact) mass is 460 g/mol. The molecule has 1 amide bonds. The summed E-state index contributed by atoms with van der Waals surface area (Å²) >= 11 is 0. The van der Waals surface area contributed by atoms with Crippen LogP contribution in [0.4, 0.5) is 0 Å². The zero-order chi connectivity index (χ0) is 24.5. The molecule has 178 valence electrons. The number of nitrogens with one attached hydrogen (secondary N) is 1. The van der Waals surface area contributed by atoms with Crippen molar-refractivity contribution in [1.82, 2.24) is 9.88 Å². The molecule has 3 aromatic rings. The number of carboxylic acid groups (broad SMARTS) is 1. The summed E-state index contributed by atoms with van der Waals surface area (Å²) in [6.07, 6.45) is 4.38. The number of aryl methyl sites for hydroxylation is 1. The first-order chi connectivity index (χ1) is 16.4. The second kappa shape index (κ2) is 12.0. The molecule has 0 aliphatic carbocycles. The molecule has 1 aromatic heterocycles. The highest BCUT2D eigenvalue weighted by Gasteiger charge is 2.27. The summed E-state index contributed by atoms with van der Waals surface area (Å²) in [4.78, 5) is 38.7. The van der Waals surface area contributed by atoms with Crippen LogP contribution in [-0.4, -0.2) is 27.6 Å². The molecule has 34 heavy (non-hydrogen) atoms. The van der Waals surface area contributed by atoms with Crippen molar-refractivity contribution >= 4 is 11.9 Å². The van der Waals surface area contributed by atoms with E-state index >= 15 is 0 Å². The Bertz CT molecular complexity index is 1160. The fourth-order valence-corrected chi connectivity index (χ4v) is 4.10. The topological polar surface area (TPSA) is 88.4 Å². The summed E-state index contributed by atoms with van der Waals surface area (Å²) in [7, 11) is 0. The standard InChI is InChI=1S/C28H32N2O4/c1-3-4-15-25(26(31)29-24(28(33)34)18-22-13-9-6-10-14-22)30-19-20(2)16-23(27(30)32)17-21-11-7-5-8-12-21/h5-14,16,19,24-25H,3-4,15,17-18H2,1-2H3,(H,29,31)(H,33,34). The molecule has 0 bridgehead atoms. The molecular weight excluding hydrogens is 428 g/mol. The SMILES string of the molecule is CCCCC(C(=O)NC(Cc1ccccc1)C(=O)O)n1cc(C)cc(Cc2ccccc2)c1=O. The summed E-state index contributed by atoms with van der Waals surface area (Å²) in [6, 6.07) is 18.9. The minimum absolute atomic E-state index is 0.171. The van der Waals surface area contributed by atoms with E-state index < -0.39 is 24.0 Å². The van der Waals surface area contributed by atoms with E-state index in [0.29, 0.717) is 18.4 Å². The van der Waals surface area contributed by atoms with Gasteiger partial charge in [0.05, 0.1) is 0 Å². The molecule has 6 nitrogen and oxygen atoms in total. The van der Waals surface area contributed by atoms with Gasteiger partial charge in [-0.3, -0.25) is 9.59 Å². The van der Waals surface area contributed by atoms with Crippen LogP contribution in [0.1, 0.15) is 54.5 Å². The quantitative estimate of drug-likeness (QED) is 0.447. The van der Waals surface area contributed by atoms with Gasteiger partial charge in [0.1, 0.15) is 12.1 Å². The molecule has 0 fully saturated rings. The van der Waals surface area contributed by atoms with Gasteiger partial charge < -0.3 is 15.0 Å².